The van der Waals surface area contributed by atoms with Crippen LogP contribution in [0.1, 0.15) is 23.9 Å². The van der Waals surface area contributed by atoms with Crippen LogP contribution in [-0.2, 0) is 5.60 Å². The molecule has 2 aromatic heterocycles. The zero-order valence-electron chi connectivity index (χ0n) is 10.8. The molecule has 0 saturated carbocycles. The molecule has 21 heavy (non-hydrogen) atoms. The van der Waals surface area contributed by atoms with Crippen molar-refractivity contribution in [2.24, 2.45) is 0 Å². The molecule has 0 fully saturated rings. The third-order valence-electron chi connectivity index (χ3n) is 2.58. The van der Waals surface area contributed by atoms with E-state index in [1.54, 1.807) is 18.4 Å². The smallest absolute Gasteiger partial charge is 0.321 e. The summed E-state index contributed by atoms with van der Waals surface area (Å²) in [7, 11) is 0. The third kappa shape index (κ3) is 4.16. The van der Waals surface area contributed by atoms with E-state index in [1.165, 1.54) is 11.3 Å². The van der Waals surface area contributed by atoms with Crippen LogP contribution in [0.5, 0.6) is 0 Å². The van der Waals surface area contributed by atoms with Gasteiger partial charge in [-0.25, -0.2) is 13.6 Å². The highest BCUT2D eigenvalue weighted by Crippen LogP contribution is 2.25. The summed E-state index contributed by atoms with van der Waals surface area (Å²) in [6.45, 7) is 1.53. The van der Waals surface area contributed by atoms with Gasteiger partial charge in [0.05, 0.1) is 6.54 Å². The average Bonchev–Trinajstić information content (AvgIpc) is 3.07. The number of alkyl halides is 2. The maximum atomic E-state index is 12.3. The van der Waals surface area contributed by atoms with E-state index < -0.39 is 23.1 Å². The van der Waals surface area contributed by atoms with E-state index in [1.807, 2.05) is 5.38 Å². The fourth-order valence-corrected chi connectivity index (χ4v) is 2.82. The highest BCUT2D eigenvalue weighted by Gasteiger charge is 2.24. The summed E-state index contributed by atoms with van der Waals surface area (Å²) in [5, 5.41) is 24.7. The fraction of sp³-hybridized carbons (Fsp3) is 0.364. The Labute approximate surface area is 126 Å². The number of rotatable bonds is 5. The van der Waals surface area contributed by atoms with Gasteiger partial charge in [0.1, 0.15) is 5.60 Å². The number of aliphatic hydroxyl groups is 1. The SMILES string of the molecule is C[C@](O)(CNC(=O)Nc1nnc(C(F)F)s1)c1ccsc1. The molecule has 2 heterocycles. The van der Waals surface area contributed by atoms with E-state index in [0.29, 0.717) is 16.9 Å². The topological polar surface area (TPSA) is 87.1 Å². The zero-order chi connectivity index (χ0) is 15.5. The van der Waals surface area contributed by atoms with Crippen LogP contribution in [0.25, 0.3) is 0 Å². The van der Waals surface area contributed by atoms with E-state index in [4.69, 9.17) is 0 Å². The molecule has 10 heteroatoms. The van der Waals surface area contributed by atoms with Crippen LogP contribution in [0.2, 0.25) is 0 Å². The van der Waals surface area contributed by atoms with Gasteiger partial charge in [-0.2, -0.15) is 11.3 Å². The molecule has 0 bridgehead atoms. The van der Waals surface area contributed by atoms with Crippen molar-refractivity contribution in [3.8, 4) is 0 Å². The molecule has 6 nitrogen and oxygen atoms in total. The fourth-order valence-electron chi connectivity index (χ4n) is 1.44. The van der Waals surface area contributed by atoms with E-state index in [-0.39, 0.29) is 11.7 Å². The molecule has 0 aromatic carbocycles. The Bertz CT molecular complexity index is 601. The number of urea groups is 1. The first kappa shape index (κ1) is 15.7. The van der Waals surface area contributed by atoms with Crippen LogP contribution < -0.4 is 10.6 Å². The van der Waals surface area contributed by atoms with Gasteiger partial charge >= 0.3 is 6.03 Å². The highest BCUT2D eigenvalue weighted by molar-refractivity contribution is 7.15. The molecule has 0 radical (unpaired) electrons. The monoisotopic (exact) mass is 334 g/mol. The van der Waals surface area contributed by atoms with Gasteiger partial charge in [0.2, 0.25) is 5.13 Å². The summed E-state index contributed by atoms with van der Waals surface area (Å²) < 4.78 is 24.7. The quantitative estimate of drug-likeness (QED) is 0.784. The maximum absolute atomic E-state index is 12.3. The molecule has 0 saturated heterocycles. The minimum atomic E-state index is -2.72. The van der Waals surface area contributed by atoms with E-state index in [2.05, 4.69) is 20.8 Å². The second-order valence-electron chi connectivity index (χ2n) is 4.34. The lowest BCUT2D eigenvalue weighted by Gasteiger charge is -2.22. The van der Waals surface area contributed by atoms with Crippen LogP contribution in [0.3, 0.4) is 0 Å². The lowest BCUT2D eigenvalue weighted by Crippen LogP contribution is -2.40. The van der Waals surface area contributed by atoms with Crippen LogP contribution in [0.15, 0.2) is 16.8 Å². The first-order valence-electron chi connectivity index (χ1n) is 5.80. The van der Waals surface area contributed by atoms with Gasteiger partial charge < -0.3 is 10.4 Å². The summed E-state index contributed by atoms with van der Waals surface area (Å²) in [5.74, 6) is 0. The molecule has 3 N–H and O–H groups in total. The number of carbonyl (C=O) groups excluding carboxylic acids is 1. The number of hydrogen-bond acceptors (Lipinski definition) is 6. The lowest BCUT2D eigenvalue weighted by molar-refractivity contribution is 0.0604. The molecule has 2 amide bonds. The van der Waals surface area contributed by atoms with Crippen molar-refractivity contribution in [1.29, 1.82) is 0 Å². The number of aromatic nitrogens is 2. The van der Waals surface area contributed by atoms with E-state index in [9.17, 15) is 18.7 Å². The molecule has 2 aromatic rings. The van der Waals surface area contributed by atoms with Crippen molar-refractivity contribution < 1.29 is 18.7 Å². The number of carbonyl (C=O) groups is 1. The van der Waals surface area contributed by atoms with Gasteiger partial charge in [-0.05, 0) is 29.3 Å². The molecule has 0 aliphatic carbocycles. The van der Waals surface area contributed by atoms with Gasteiger partial charge in [0.25, 0.3) is 6.43 Å². The molecule has 0 unspecified atom stereocenters. The predicted octanol–water partition coefficient (Wildman–Crippen LogP) is 2.57. The number of nitrogens with one attached hydrogen (secondary N) is 2. The summed E-state index contributed by atoms with van der Waals surface area (Å²) in [5.41, 5.74) is -0.532. The van der Waals surface area contributed by atoms with Crippen LogP contribution in [-0.4, -0.2) is 27.9 Å². The average molecular weight is 334 g/mol. The maximum Gasteiger partial charge on any atom is 0.321 e. The second-order valence-corrected chi connectivity index (χ2v) is 6.13. The van der Waals surface area contributed by atoms with Crippen LogP contribution in [0, 0.1) is 0 Å². The van der Waals surface area contributed by atoms with Crippen molar-refractivity contribution in [2.45, 2.75) is 19.0 Å². The molecule has 114 valence electrons. The second kappa shape index (κ2) is 6.41. The van der Waals surface area contributed by atoms with Gasteiger partial charge in [-0.15, -0.1) is 10.2 Å². The molecule has 1 atom stereocenters. The molecule has 0 aliphatic rings. The molecule has 0 aliphatic heterocycles. The molecular weight excluding hydrogens is 322 g/mol. The number of hydrogen-bond donors (Lipinski definition) is 3. The minimum absolute atomic E-state index is 0.0297. The summed E-state index contributed by atoms with van der Waals surface area (Å²) >= 11 is 2.03. The standard InChI is InChI=1S/C11H12F2N4O2S2/c1-11(19,6-2-3-20-4-6)5-14-9(18)15-10-17-16-8(21-10)7(12)13/h2-4,7,19H,5H2,1H3,(H2,14,15,17,18)/t11-/m0/s1. The minimum Gasteiger partial charge on any atom is -0.384 e. The molecule has 2 rings (SSSR count). The van der Waals surface area contributed by atoms with Gasteiger partial charge in [0, 0.05) is 0 Å². The Morgan fingerprint density at radius 2 is 2.29 bits per heavy atom. The van der Waals surface area contributed by atoms with E-state index >= 15 is 0 Å². The van der Waals surface area contributed by atoms with Crippen LogP contribution in [0.4, 0.5) is 18.7 Å². The third-order valence-corrected chi connectivity index (χ3v) is 4.11. The Balaban J connectivity index is 1.87. The Hall–Kier alpha value is -1.65. The largest absolute Gasteiger partial charge is 0.384 e. The van der Waals surface area contributed by atoms with Crippen molar-refractivity contribution >= 4 is 33.8 Å². The normalized spacial score (nSPS) is 14.0. The Morgan fingerprint density at radius 3 is 2.86 bits per heavy atom. The highest BCUT2D eigenvalue weighted by atomic mass is 32.1. The number of thiophene rings is 1. The number of halogens is 2. The lowest BCUT2D eigenvalue weighted by atomic mass is 9.99. The van der Waals surface area contributed by atoms with Crippen LogP contribution >= 0.6 is 22.7 Å². The van der Waals surface area contributed by atoms with E-state index in [0.717, 1.165) is 0 Å². The van der Waals surface area contributed by atoms with Gasteiger partial charge in [-0.3, -0.25) is 5.32 Å². The van der Waals surface area contributed by atoms with Gasteiger partial charge in [-0.1, -0.05) is 11.3 Å². The Morgan fingerprint density at radius 1 is 1.52 bits per heavy atom. The Kier molecular flexibility index (Phi) is 4.80. The summed E-state index contributed by atoms with van der Waals surface area (Å²) in [6, 6.07) is 1.10. The summed E-state index contributed by atoms with van der Waals surface area (Å²) in [4.78, 5) is 11.6. The number of nitrogens with zero attached hydrogens (tertiary/aromatic N) is 2. The predicted molar refractivity (Wildman–Crippen MR) is 75.8 cm³/mol. The molecular formula is C11H12F2N4O2S2. The number of anilines is 1. The van der Waals surface area contributed by atoms with Gasteiger partial charge in [0.15, 0.2) is 5.01 Å². The van der Waals surface area contributed by atoms with Crippen molar-refractivity contribution in [2.75, 3.05) is 11.9 Å². The zero-order valence-corrected chi connectivity index (χ0v) is 12.5. The summed E-state index contributed by atoms with van der Waals surface area (Å²) in [6.07, 6.45) is -2.72. The molecule has 0 spiro atoms. The number of amides is 2. The first-order chi connectivity index (χ1) is 9.88. The van der Waals surface area contributed by atoms with Crippen molar-refractivity contribution in [1.82, 2.24) is 15.5 Å². The van der Waals surface area contributed by atoms with Crippen molar-refractivity contribution in [3.63, 3.8) is 0 Å². The van der Waals surface area contributed by atoms with Crippen molar-refractivity contribution in [3.05, 3.63) is 27.4 Å². The first-order valence-corrected chi connectivity index (χ1v) is 7.56.